The van der Waals surface area contributed by atoms with E-state index in [9.17, 15) is 4.79 Å². The molecule has 9 heteroatoms. The number of tetrazole rings is 1. The van der Waals surface area contributed by atoms with Gasteiger partial charge in [0.05, 0.1) is 6.04 Å². The molecule has 1 aromatic carbocycles. The van der Waals surface area contributed by atoms with Crippen molar-refractivity contribution in [3.63, 3.8) is 0 Å². The van der Waals surface area contributed by atoms with Gasteiger partial charge in [0.25, 0.3) is 0 Å². The summed E-state index contributed by atoms with van der Waals surface area (Å²) in [5.74, 6) is -0.179. The lowest BCUT2D eigenvalue weighted by Gasteiger charge is -2.08. The molecule has 1 unspecified atom stereocenters. The highest BCUT2D eigenvalue weighted by atomic mass is 79.9. The molecule has 1 amide bonds. The van der Waals surface area contributed by atoms with Crippen molar-refractivity contribution in [2.45, 2.75) is 35.0 Å². The Morgan fingerprint density at radius 3 is 3.00 bits per heavy atom. The average Bonchev–Trinajstić information content (AvgIpc) is 3.14. The fourth-order valence-corrected chi connectivity index (χ4v) is 3.75. The first-order chi connectivity index (χ1) is 10.1. The van der Waals surface area contributed by atoms with Crippen LogP contribution in [0.2, 0.25) is 0 Å². The maximum atomic E-state index is 11.6. The number of nitrogens with one attached hydrogen (secondary N) is 1. The number of hydrogen-bond donors (Lipinski definition) is 2. The number of carbonyl (C=O) groups is 1. The molecule has 0 radical (unpaired) electrons. The van der Waals surface area contributed by atoms with Crippen LogP contribution in [0.25, 0.3) is 0 Å². The van der Waals surface area contributed by atoms with E-state index in [1.54, 1.807) is 0 Å². The van der Waals surface area contributed by atoms with Crippen molar-refractivity contribution in [3.05, 3.63) is 22.2 Å². The van der Waals surface area contributed by atoms with Crippen LogP contribution in [-0.4, -0.2) is 26.1 Å². The highest BCUT2D eigenvalue weighted by Crippen LogP contribution is 2.42. The summed E-state index contributed by atoms with van der Waals surface area (Å²) in [7, 11) is 0. The molecule has 7 nitrogen and oxygen atoms in total. The molecule has 21 heavy (non-hydrogen) atoms. The van der Waals surface area contributed by atoms with Crippen molar-refractivity contribution >= 4 is 39.3 Å². The number of carbonyl (C=O) groups excluding carboxylic acids is 1. The summed E-state index contributed by atoms with van der Waals surface area (Å²) in [6.07, 6.45) is 2.24. The predicted octanol–water partition coefficient (Wildman–Crippen LogP) is 1.87. The summed E-state index contributed by atoms with van der Waals surface area (Å²) in [5.41, 5.74) is 7.40. The fourth-order valence-electron chi connectivity index (χ4n) is 2.26. The van der Waals surface area contributed by atoms with Crippen molar-refractivity contribution in [1.29, 1.82) is 0 Å². The molecule has 1 aliphatic heterocycles. The molecule has 1 fully saturated rings. The molecule has 1 aliphatic carbocycles. The maximum Gasteiger partial charge on any atom is 0.245 e. The van der Waals surface area contributed by atoms with Gasteiger partial charge in [-0.1, -0.05) is 0 Å². The van der Waals surface area contributed by atoms with Gasteiger partial charge in [-0.15, -0.1) is 5.10 Å². The number of aromatic nitrogens is 4. The van der Waals surface area contributed by atoms with Gasteiger partial charge >= 0.3 is 0 Å². The van der Waals surface area contributed by atoms with Crippen LogP contribution in [0.3, 0.4) is 0 Å². The van der Waals surface area contributed by atoms with Crippen LogP contribution in [0.4, 0.5) is 5.69 Å². The van der Waals surface area contributed by atoms with Gasteiger partial charge in [0.1, 0.15) is 6.04 Å². The number of amides is 1. The Morgan fingerprint density at radius 2 is 2.24 bits per heavy atom. The Bertz CT molecular complexity index is 743. The van der Waals surface area contributed by atoms with E-state index in [1.807, 2.05) is 16.8 Å². The predicted molar refractivity (Wildman–Crippen MR) is 79.9 cm³/mol. The van der Waals surface area contributed by atoms with E-state index in [-0.39, 0.29) is 5.91 Å². The van der Waals surface area contributed by atoms with Crippen molar-refractivity contribution in [1.82, 2.24) is 20.2 Å². The Morgan fingerprint density at radius 1 is 1.43 bits per heavy atom. The number of hydrogen-bond acceptors (Lipinski definition) is 6. The average molecular weight is 367 g/mol. The van der Waals surface area contributed by atoms with E-state index in [2.05, 4.69) is 36.8 Å². The van der Waals surface area contributed by atoms with Gasteiger partial charge in [-0.25, -0.2) is 4.68 Å². The summed E-state index contributed by atoms with van der Waals surface area (Å²) in [6, 6.07) is 3.60. The van der Waals surface area contributed by atoms with E-state index < -0.39 is 6.04 Å². The molecule has 4 rings (SSSR count). The lowest BCUT2D eigenvalue weighted by atomic mass is 10.1. The molecule has 2 aromatic rings. The number of rotatable bonds is 3. The Labute approximate surface area is 132 Å². The summed E-state index contributed by atoms with van der Waals surface area (Å²) < 4.78 is 2.73. The highest BCUT2D eigenvalue weighted by Gasteiger charge is 2.30. The number of fused-ring (bicyclic) bond motifs is 1. The van der Waals surface area contributed by atoms with Crippen LogP contribution < -0.4 is 11.1 Å². The lowest BCUT2D eigenvalue weighted by Crippen LogP contribution is -2.19. The molecular formula is C12H11BrN6OS. The smallest absolute Gasteiger partial charge is 0.245 e. The third kappa shape index (κ3) is 2.25. The van der Waals surface area contributed by atoms with Gasteiger partial charge in [0, 0.05) is 20.6 Å². The van der Waals surface area contributed by atoms with Crippen molar-refractivity contribution in [2.75, 3.05) is 5.32 Å². The second-order valence-corrected chi connectivity index (χ2v) is 6.94. The van der Waals surface area contributed by atoms with E-state index in [1.165, 1.54) is 11.8 Å². The normalized spacial score (nSPS) is 20.5. The molecule has 1 aromatic heterocycles. The van der Waals surface area contributed by atoms with Crippen LogP contribution in [0, 0.1) is 0 Å². The van der Waals surface area contributed by atoms with Gasteiger partial charge in [0.2, 0.25) is 11.1 Å². The second kappa shape index (κ2) is 4.79. The Hall–Kier alpha value is -1.45. The minimum absolute atomic E-state index is 0.179. The molecule has 0 spiro atoms. The second-order valence-electron chi connectivity index (χ2n) is 5.08. The summed E-state index contributed by atoms with van der Waals surface area (Å²) in [4.78, 5) is 12.6. The first-order valence-corrected chi connectivity index (χ1v) is 8.10. The molecular weight excluding hydrogens is 356 g/mol. The zero-order valence-electron chi connectivity index (χ0n) is 10.8. The minimum Gasteiger partial charge on any atom is -0.324 e. The first kappa shape index (κ1) is 13.2. The molecule has 3 N–H and O–H groups in total. The van der Waals surface area contributed by atoms with Crippen molar-refractivity contribution < 1.29 is 4.79 Å². The van der Waals surface area contributed by atoms with Crippen LogP contribution in [0.1, 0.15) is 30.5 Å². The number of benzene rings is 1. The molecule has 2 aliphatic rings. The van der Waals surface area contributed by atoms with E-state index in [0.29, 0.717) is 6.04 Å². The molecule has 0 saturated heterocycles. The minimum atomic E-state index is -0.605. The largest absolute Gasteiger partial charge is 0.324 e. The van der Waals surface area contributed by atoms with Crippen LogP contribution in [0.5, 0.6) is 0 Å². The van der Waals surface area contributed by atoms with Crippen LogP contribution in [-0.2, 0) is 4.79 Å². The Kier molecular flexibility index (Phi) is 3.02. The van der Waals surface area contributed by atoms with Crippen LogP contribution >= 0.6 is 27.7 Å². The summed E-state index contributed by atoms with van der Waals surface area (Å²) in [6.45, 7) is 0. The molecule has 1 saturated carbocycles. The fraction of sp³-hybridized carbons (Fsp3) is 0.333. The molecule has 0 bridgehead atoms. The van der Waals surface area contributed by atoms with Crippen LogP contribution in [0.15, 0.2) is 26.7 Å². The number of nitrogens with zero attached hydrogens (tertiary/aromatic N) is 4. The van der Waals surface area contributed by atoms with Gasteiger partial charge in [-0.05, 0) is 63.1 Å². The van der Waals surface area contributed by atoms with E-state index >= 15 is 0 Å². The third-order valence-corrected chi connectivity index (χ3v) is 5.46. The highest BCUT2D eigenvalue weighted by molar-refractivity contribution is 9.10. The first-order valence-electron chi connectivity index (χ1n) is 6.49. The topological polar surface area (TPSA) is 98.7 Å². The zero-order valence-corrected chi connectivity index (χ0v) is 13.2. The Balaban J connectivity index is 1.68. The number of halogens is 1. The molecule has 108 valence electrons. The summed E-state index contributed by atoms with van der Waals surface area (Å²) >= 11 is 5.00. The van der Waals surface area contributed by atoms with Crippen molar-refractivity contribution in [3.8, 4) is 0 Å². The summed E-state index contributed by atoms with van der Waals surface area (Å²) in [5, 5.41) is 15.4. The van der Waals surface area contributed by atoms with Gasteiger partial charge in [-0.2, -0.15) is 0 Å². The van der Waals surface area contributed by atoms with Gasteiger partial charge in [0.15, 0.2) is 0 Å². The SMILES string of the molecule is NC1C(=O)Nc2cc(Sc3nnnn3C3CC3)c(Br)cc21. The van der Waals surface area contributed by atoms with Crippen molar-refractivity contribution in [2.24, 2.45) is 5.73 Å². The van der Waals surface area contributed by atoms with Gasteiger partial charge in [-0.3, -0.25) is 4.79 Å². The zero-order chi connectivity index (χ0) is 14.6. The number of anilines is 1. The standard InChI is InChI=1S/C12H11BrN6OS/c13-7-3-6-8(15-11(20)10(6)14)4-9(7)21-12-16-17-18-19(12)5-1-2-5/h3-5,10H,1-2,14H2,(H,15,20). The maximum absolute atomic E-state index is 11.6. The third-order valence-electron chi connectivity index (χ3n) is 3.54. The monoisotopic (exact) mass is 366 g/mol. The number of nitrogens with two attached hydrogens (primary N) is 1. The van der Waals surface area contributed by atoms with Gasteiger partial charge < -0.3 is 11.1 Å². The van der Waals surface area contributed by atoms with E-state index in [0.717, 1.165) is 38.6 Å². The lowest BCUT2D eigenvalue weighted by molar-refractivity contribution is -0.116. The molecule has 1 atom stereocenters. The quantitative estimate of drug-likeness (QED) is 0.860. The molecule has 2 heterocycles. The van der Waals surface area contributed by atoms with E-state index in [4.69, 9.17) is 5.73 Å².